The monoisotopic (exact) mass is 697 g/mol. The number of carbonyl (C=O) groups excluding carboxylic acids is 5. The summed E-state index contributed by atoms with van der Waals surface area (Å²) in [5.74, 6) is -3.15. The number of hydrogen-bond donors (Lipinski definition) is 4. The van der Waals surface area contributed by atoms with Crippen molar-refractivity contribution < 1.29 is 38.6 Å². The van der Waals surface area contributed by atoms with E-state index in [0.717, 1.165) is 11.1 Å². The lowest BCUT2D eigenvalue weighted by atomic mass is 9.88. The first-order valence-electron chi connectivity index (χ1n) is 16.8. The Balaban J connectivity index is 2.04. The zero-order valence-electron chi connectivity index (χ0n) is 28.7. The minimum atomic E-state index is -1.20. The summed E-state index contributed by atoms with van der Waals surface area (Å²) in [7, 11) is 0. The lowest BCUT2D eigenvalue weighted by Crippen LogP contribution is -2.48. The molecule has 3 amide bonds. The maximum Gasteiger partial charge on any atom is 0.407 e. The number of ketones is 1. The molecule has 0 fully saturated rings. The summed E-state index contributed by atoms with van der Waals surface area (Å²) in [6.45, 7) is 4.26. The summed E-state index contributed by atoms with van der Waals surface area (Å²) in [4.78, 5) is 75.9. The van der Waals surface area contributed by atoms with Gasteiger partial charge < -0.3 is 30.6 Å². The fraction of sp³-hybridized carbons (Fsp3) is 0.514. The highest BCUT2D eigenvalue weighted by Gasteiger charge is 2.32. The van der Waals surface area contributed by atoms with Gasteiger partial charge in [0.1, 0.15) is 18.9 Å². The lowest BCUT2D eigenvalue weighted by molar-refractivity contribution is -0.143. The Morgan fingerprint density at radius 2 is 1.45 bits per heavy atom. The van der Waals surface area contributed by atoms with E-state index in [1.54, 1.807) is 11.8 Å². The summed E-state index contributed by atoms with van der Waals surface area (Å²) < 4.78 is 5.18. The maximum atomic E-state index is 13.7. The van der Waals surface area contributed by atoms with Gasteiger partial charge in [-0.1, -0.05) is 74.5 Å². The number of ether oxygens (including phenoxy) is 1. The number of aldehydes is 1. The van der Waals surface area contributed by atoms with Crippen LogP contribution in [0.3, 0.4) is 0 Å². The van der Waals surface area contributed by atoms with Gasteiger partial charge in [-0.25, -0.2) is 9.59 Å². The van der Waals surface area contributed by atoms with E-state index in [2.05, 4.69) is 16.0 Å². The molecule has 4 N–H and O–H groups in total. The van der Waals surface area contributed by atoms with Crippen LogP contribution in [0, 0.1) is 17.8 Å². The van der Waals surface area contributed by atoms with E-state index < -0.39 is 41.9 Å². The number of carbonyl (C=O) groups is 6. The molecule has 0 saturated carbocycles. The molecule has 49 heavy (non-hydrogen) atoms. The molecule has 4 atom stereocenters. The predicted molar refractivity (Wildman–Crippen MR) is 190 cm³/mol. The largest absolute Gasteiger partial charge is 0.480 e. The number of hydrogen-bond acceptors (Lipinski definition) is 8. The van der Waals surface area contributed by atoms with Gasteiger partial charge in [-0.3, -0.25) is 14.4 Å². The maximum absolute atomic E-state index is 13.7. The first-order chi connectivity index (χ1) is 23.5. The number of carboxylic acid groups (broad SMARTS) is 1. The number of nitrogens with one attached hydrogen (secondary N) is 3. The van der Waals surface area contributed by atoms with Crippen molar-refractivity contribution in [2.24, 2.45) is 17.8 Å². The third-order valence-electron chi connectivity index (χ3n) is 7.99. The second-order valence-electron chi connectivity index (χ2n) is 12.5. The zero-order valence-corrected chi connectivity index (χ0v) is 29.5. The van der Waals surface area contributed by atoms with Crippen LogP contribution >= 0.6 is 11.8 Å². The van der Waals surface area contributed by atoms with Gasteiger partial charge in [-0.2, -0.15) is 11.8 Å². The normalized spacial score (nSPS) is 13.4. The highest BCUT2D eigenvalue weighted by Crippen LogP contribution is 2.19. The van der Waals surface area contributed by atoms with Crippen LogP contribution in [-0.4, -0.2) is 71.7 Å². The standard InChI is InChI=1S/C37H51N3O8S/c1-26(2)22-32(40-34(43)29(17-20-41)18-21-49-3)33(42)24-30(23-27-12-6-4-7-13-27)35(44)39-31(36(45)46)16-10-11-19-38-37(47)48-25-28-14-8-5-9-15-28/h4-9,12-15,20,26,29-32H,10-11,16-19,21-25H2,1-3H3,(H,38,47)(H,39,44)(H,40,43)(H,45,46)/t29-,30+,31-,32-/m0/s1. The molecular weight excluding hydrogens is 646 g/mol. The van der Waals surface area contributed by atoms with Crippen molar-refractivity contribution >= 4 is 47.7 Å². The quantitative estimate of drug-likeness (QED) is 0.0876. The molecule has 0 aliphatic carbocycles. The molecule has 12 heteroatoms. The number of unbranched alkanes of at least 4 members (excludes halogenated alkanes) is 1. The van der Waals surface area contributed by atoms with Crippen molar-refractivity contribution in [2.45, 2.75) is 83.9 Å². The number of benzene rings is 2. The molecule has 0 unspecified atom stereocenters. The summed E-state index contributed by atoms with van der Waals surface area (Å²) >= 11 is 1.57. The van der Waals surface area contributed by atoms with Gasteiger partial charge in [-0.15, -0.1) is 0 Å². The van der Waals surface area contributed by atoms with Crippen molar-refractivity contribution in [3.63, 3.8) is 0 Å². The molecule has 268 valence electrons. The van der Waals surface area contributed by atoms with Crippen LogP contribution in [0.25, 0.3) is 0 Å². The first-order valence-corrected chi connectivity index (χ1v) is 18.2. The van der Waals surface area contributed by atoms with E-state index in [1.807, 2.05) is 80.8 Å². The van der Waals surface area contributed by atoms with E-state index in [9.17, 15) is 33.9 Å². The number of rotatable bonds is 24. The van der Waals surface area contributed by atoms with Crippen molar-refractivity contribution in [2.75, 3.05) is 18.6 Å². The Kier molecular flexibility index (Phi) is 19.4. The SMILES string of the molecule is CSCC[C@H](CC=O)C(=O)N[C@@H](CC(C)C)C(=O)C[C@@H](Cc1ccccc1)C(=O)N[C@@H](CCCCNC(=O)OCc1ccccc1)C(=O)O. The molecule has 2 aromatic rings. The zero-order chi connectivity index (χ0) is 36.0. The number of carboxylic acids is 1. The Labute approximate surface area is 293 Å². The minimum Gasteiger partial charge on any atom is -0.480 e. The molecule has 11 nitrogen and oxygen atoms in total. The molecule has 0 heterocycles. The van der Waals surface area contributed by atoms with Crippen LogP contribution in [0.5, 0.6) is 0 Å². The van der Waals surface area contributed by atoms with Gasteiger partial charge in [0, 0.05) is 31.2 Å². The second kappa shape index (κ2) is 23.2. The molecule has 2 aromatic carbocycles. The highest BCUT2D eigenvalue weighted by atomic mass is 32.2. The molecule has 0 aliphatic rings. The molecular formula is C37H51N3O8S. The van der Waals surface area contributed by atoms with Crippen molar-refractivity contribution in [3.05, 3.63) is 71.8 Å². The van der Waals surface area contributed by atoms with Crippen molar-refractivity contribution in [3.8, 4) is 0 Å². The van der Waals surface area contributed by atoms with E-state index in [4.69, 9.17) is 4.74 Å². The minimum absolute atomic E-state index is 0.0546. The summed E-state index contributed by atoms with van der Waals surface area (Å²) in [5.41, 5.74) is 1.66. The lowest BCUT2D eigenvalue weighted by Gasteiger charge is -2.25. The van der Waals surface area contributed by atoms with Crippen LogP contribution in [0.2, 0.25) is 0 Å². The topological polar surface area (TPSA) is 168 Å². The number of alkyl carbamates (subject to hydrolysis) is 1. The van der Waals surface area contributed by atoms with E-state index in [1.165, 1.54) is 0 Å². The number of amides is 3. The number of Topliss-reactive ketones (excluding diaryl/α,β-unsaturated/α-hetero) is 1. The summed E-state index contributed by atoms with van der Waals surface area (Å²) in [5, 5.41) is 18.0. The molecule has 2 rings (SSSR count). The van der Waals surface area contributed by atoms with Gasteiger partial charge in [0.05, 0.1) is 6.04 Å². The number of thioether (sulfide) groups is 1. The molecule has 0 bridgehead atoms. The Morgan fingerprint density at radius 1 is 0.837 bits per heavy atom. The predicted octanol–water partition coefficient (Wildman–Crippen LogP) is 4.96. The van der Waals surface area contributed by atoms with E-state index in [0.29, 0.717) is 37.7 Å². The van der Waals surface area contributed by atoms with Crippen molar-refractivity contribution in [1.82, 2.24) is 16.0 Å². The van der Waals surface area contributed by atoms with Gasteiger partial charge in [0.25, 0.3) is 0 Å². The van der Waals surface area contributed by atoms with Crippen LogP contribution in [0.1, 0.15) is 69.9 Å². The van der Waals surface area contributed by atoms with Gasteiger partial charge in [0.2, 0.25) is 11.8 Å². The van der Waals surface area contributed by atoms with Crippen LogP contribution < -0.4 is 16.0 Å². The summed E-state index contributed by atoms with van der Waals surface area (Å²) in [6.07, 6.45) is 3.93. The van der Waals surface area contributed by atoms with Crippen LogP contribution in [0.4, 0.5) is 4.79 Å². The van der Waals surface area contributed by atoms with E-state index >= 15 is 0 Å². The van der Waals surface area contributed by atoms with Gasteiger partial charge in [0.15, 0.2) is 5.78 Å². The average Bonchev–Trinajstić information content (AvgIpc) is 3.08. The third-order valence-corrected chi connectivity index (χ3v) is 8.64. The molecule has 0 aromatic heterocycles. The first kappa shape index (κ1) is 41.0. The highest BCUT2D eigenvalue weighted by molar-refractivity contribution is 7.98. The fourth-order valence-corrected chi connectivity index (χ4v) is 5.81. The smallest absolute Gasteiger partial charge is 0.407 e. The average molecular weight is 698 g/mol. The Bertz CT molecular complexity index is 1330. The molecule has 0 aliphatic heterocycles. The van der Waals surface area contributed by atoms with Crippen LogP contribution in [0.15, 0.2) is 60.7 Å². The second-order valence-corrected chi connectivity index (χ2v) is 13.5. The van der Waals surface area contributed by atoms with E-state index in [-0.39, 0.29) is 56.4 Å². The molecule has 0 spiro atoms. The van der Waals surface area contributed by atoms with Crippen LogP contribution in [-0.2, 0) is 41.7 Å². The molecule has 0 radical (unpaired) electrons. The number of aliphatic carboxylic acids is 1. The van der Waals surface area contributed by atoms with Gasteiger partial charge in [-0.05, 0) is 67.6 Å². The Hall–Kier alpha value is -4.19. The molecule has 0 saturated heterocycles. The summed E-state index contributed by atoms with van der Waals surface area (Å²) in [6, 6.07) is 16.3. The van der Waals surface area contributed by atoms with Gasteiger partial charge >= 0.3 is 12.1 Å². The third kappa shape index (κ3) is 16.7. The Morgan fingerprint density at radius 3 is 2.04 bits per heavy atom. The van der Waals surface area contributed by atoms with Crippen molar-refractivity contribution in [1.29, 1.82) is 0 Å². The fourth-order valence-electron chi connectivity index (χ4n) is 5.29.